The number of rotatable bonds is 7. The van der Waals surface area contributed by atoms with Crippen molar-refractivity contribution in [1.82, 2.24) is 10.3 Å². The van der Waals surface area contributed by atoms with E-state index in [0.29, 0.717) is 11.4 Å². The number of amides is 1. The number of quaternary nitrogens is 1. The van der Waals surface area contributed by atoms with Crippen molar-refractivity contribution in [3.05, 3.63) is 70.6 Å². The molecule has 1 aliphatic rings. The number of aliphatic imine (C=N–C) groups is 1. The molecule has 30 heavy (non-hydrogen) atoms. The van der Waals surface area contributed by atoms with Gasteiger partial charge in [-0.3, -0.25) is 4.98 Å². The second-order valence-electron chi connectivity index (χ2n) is 7.16. The van der Waals surface area contributed by atoms with Crippen molar-refractivity contribution in [2.24, 2.45) is 10.9 Å². The van der Waals surface area contributed by atoms with Gasteiger partial charge in [-0.25, -0.2) is 23.1 Å². The minimum Gasteiger partial charge on any atom is -0.398 e. The van der Waals surface area contributed by atoms with E-state index in [1.54, 1.807) is 18.7 Å². The Hall–Kier alpha value is -2.78. The molecule has 2 aromatic rings. The summed E-state index contributed by atoms with van der Waals surface area (Å²) in [6.45, 7) is 4.35. The number of alkyl carbamates (subject to hydrolysis) is 1. The van der Waals surface area contributed by atoms with Gasteiger partial charge in [0.25, 0.3) is 0 Å². The molecule has 6 nitrogen and oxygen atoms in total. The van der Waals surface area contributed by atoms with E-state index >= 15 is 0 Å². The van der Waals surface area contributed by atoms with Crippen LogP contribution < -0.4 is 5.32 Å². The van der Waals surface area contributed by atoms with Crippen LogP contribution in [0.4, 0.5) is 13.6 Å². The van der Waals surface area contributed by atoms with Gasteiger partial charge >= 0.3 is 6.09 Å². The van der Waals surface area contributed by atoms with Gasteiger partial charge < -0.3 is 10.1 Å². The molecular weight excluding hydrogens is 410 g/mol. The molecule has 0 radical (unpaired) electrons. The first-order valence-electron chi connectivity index (χ1n) is 9.37. The van der Waals surface area contributed by atoms with Crippen LogP contribution >= 0.6 is 11.8 Å². The summed E-state index contributed by atoms with van der Waals surface area (Å²) in [7, 11) is 1.48. The van der Waals surface area contributed by atoms with E-state index < -0.39 is 17.7 Å². The van der Waals surface area contributed by atoms with Crippen molar-refractivity contribution in [1.29, 1.82) is 0 Å². The average Bonchev–Trinajstić information content (AvgIpc) is 3.04. The van der Waals surface area contributed by atoms with Gasteiger partial charge in [0.15, 0.2) is 6.34 Å². The molecule has 3 rings (SSSR count). The monoisotopic (exact) mass is 433 g/mol. The zero-order valence-corrected chi connectivity index (χ0v) is 17.7. The minimum atomic E-state index is -0.657. The number of aromatic nitrogens is 1. The Bertz CT molecular complexity index is 962. The molecule has 2 heterocycles. The fourth-order valence-electron chi connectivity index (χ4n) is 3.06. The Kier molecular flexibility index (Phi) is 6.84. The molecule has 9 heteroatoms. The van der Waals surface area contributed by atoms with Crippen LogP contribution in [-0.4, -0.2) is 35.7 Å². The van der Waals surface area contributed by atoms with Gasteiger partial charge in [0.05, 0.1) is 0 Å². The number of nitrogens with one attached hydrogen (secondary N) is 1. The molecule has 0 bridgehead atoms. The maximum Gasteiger partial charge on any atom is 0.411 e. The van der Waals surface area contributed by atoms with Crippen molar-refractivity contribution in [2.75, 3.05) is 13.8 Å². The van der Waals surface area contributed by atoms with Crippen LogP contribution in [0.5, 0.6) is 0 Å². The van der Waals surface area contributed by atoms with Crippen molar-refractivity contribution < 1.29 is 22.8 Å². The highest BCUT2D eigenvalue weighted by Crippen LogP contribution is 2.43. The third-order valence-electron chi connectivity index (χ3n) is 4.46. The van der Waals surface area contributed by atoms with E-state index in [1.165, 1.54) is 30.9 Å². The lowest BCUT2D eigenvalue weighted by Crippen LogP contribution is -2.46. The number of benzene rings is 1. The molecule has 0 saturated heterocycles. The van der Waals surface area contributed by atoms with Crippen LogP contribution in [0.15, 0.2) is 63.3 Å². The molecule has 1 N–H and O–H groups in total. The fraction of sp³-hybridized carbons (Fsp3) is 0.286. The highest BCUT2D eigenvalue weighted by atomic mass is 32.2. The Morgan fingerprint density at radius 1 is 1.27 bits per heavy atom. The molecule has 1 aromatic heterocycles. The van der Waals surface area contributed by atoms with E-state index in [4.69, 9.17) is 4.74 Å². The Labute approximate surface area is 178 Å². The summed E-state index contributed by atoms with van der Waals surface area (Å²) < 4.78 is 33.1. The van der Waals surface area contributed by atoms with Crippen molar-refractivity contribution in [3.8, 4) is 0 Å². The predicted octanol–water partition coefficient (Wildman–Crippen LogP) is 4.65. The topological polar surface area (TPSA) is 63.6 Å². The van der Waals surface area contributed by atoms with Gasteiger partial charge in [0, 0.05) is 41.9 Å². The molecule has 0 saturated carbocycles. The number of nitrogens with zero attached hydrogens (tertiary/aromatic N) is 3. The third-order valence-corrected chi connectivity index (χ3v) is 5.69. The largest absolute Gasteiger partial charge is 0.411 e. The van der Waals surface area contributed by atoms with Gasteiger partial charge in [0.1, 0.15) is 23.9 Å². The molecule has 1 aromatic carbocycles. The number of allylic oxidation sites excluding steroid dienone is 1. The number of thioether (sulfide) groups is 1. The third kappa shape index (κ3) is 5.03. The first-order chi connectivity index (χ1) is 14.3. The number of carbonyl (C=O) groups excluding carboxylic acids is 1. The Morgan fingerprint density at radius 2 is 2.00 bits per heavy atom. The molecule has 1 amide bonds. The summed E-state index contributed by atoms with van der Waals surface area (Å²) in [5.41, 5.74) is 1.67. The number of pyridine rings is 1. The van der Waals surface area contributed by atoms with E-state index in [9.17, 15) is 13.6 Å². The molecule has 0 aliphatic carbocycles. The minimum absolute atomic E-state index is 0.0333. The SMILES string of the molecule is CNC(=O)OC[N+]1(Cc2cccnc2)C=NC(C(C)C)=C1Sc1cc(F)cc(F)c1. The highest BCUT2D eigenvalue weighted by molar-refractivity contribution is 8.02. The van der Waals surface area contributed by atoms with Crippen molar-refractivity contribution >= 4 is 24.2 Å². The number of hydrogen-bond donors (Lipinski definition) is 1. The number of halogens is 2. The lowest BCUT2D eigenvalue weighted by molar-refractivity contribution is -0.819. The van der Waals surface area contributed by atoms with Crippen LogP contribution in [0.2, 0.25) is 0 Å². The van der Waals surface area contributed by atoms with Crippen LogP contribution in [-0.2, 0) is 11.3 Å². The Morgan fingerprint density at radius 3 is 2.60 bits per heavy atom. The summed E-state index contributed by atoms with van der Waals surface area (Å²) in [6, 6.07) is 7.11. The van der Waals surface area contributed by atoms with Gasteiger partial charge in [-0.1, -0.05) is 19.9 Å². The van der Waals surface area contributed by atoms with Gasteiger partial charge in [-0.05, 0) is 30.0 Å². The normalized spacial score (nSPS) is 18.2. The first-order valence-corrected chi connectivity index (χ1v) is 10.2. The smallest absolute Gasteiger partial charge is 0.398 e. The molecule has 0 spiro atoms. The summed E-state index contributed by atoms with van der Waals surface area (Å²) in [5.74, 6) is -1.26. The maximum atomic E-state index is 13.8. The van der Waals surface area contributed by atoms with Gasteiger partial charge in [0.2, 0.25) is 11.8 Å². The summed E-state index contributed by atoms with van der Waals surface area (Å²) >= 11 is 1.22. The van der Waals surface area contributed by atoms with Gasteiger partial charge in [-0.2, -0.15) is 0 Å². The lowest BCUT2D eigenvalue weighted by Gasteiger charge is -2.31. The van der Waals surface area contributed by atoms with Crippen LogP contribution in [0.25, 0.3) is 0 Å². The molecule has 1 aliphatic heterocycles. The zero-order valence-electron chi connectivity index (χ0n) is 16.9. The fourth-order valence-corrected chi connectivity index (χ4v) is 4.37. The quantitative estimate of drug-likeness (QED) is 0.646. The van der Waals surface area contributed by atoms with E-state index in [-0.39, 0.29) is 17.1 Å². The predicted molar refractivity (Wildman–Crippen MR) is 111 cm³/mol. The van der Waals surface area contributed by atoms with Crippen LogP contribution in [0, 0.1) is 17.6 Å². The lowest BCUT2D eigenvalue weighted by atomic mass is 10.1. The highest BCUT2D eigenvalue weighted by Gasteiger charge is 2.42. The maximum absolute atomic E-state index is 13.8. The molecule has 0 fully saturated rings. The van der Waals surface area contributed by atoms with E-state index in [0.717, 1.165) is 22.4 Å². The number of ether oxygens (including phenoxy) is 1. The number of carbonyl (C=O) groups is 1. The van der Waals surface area contributed by atoms with E-state index in [1.807, 2.05) is 26.0 Å². The van der Waals surface area contributed by atoms with Crippen LogP contribution in [0.1, 0.15) is 19.4 Å². The summed E-state index contributed by atoms with van der Waals surface area (Å²) in [5, 5.41) is 3.17. The van der Waals surface area contributed by atoms with Gasteiger partial charge in [-0.15, -0.1) is 0 Å². The molecule has 158 valence electrons. The molecular formula is C21H23F2N4O2S+. The standard InChI is InChI=1S/C21H22F2N4O2S/c1-14(2)19-20(30-18-8-16(22)7-17(23)9-18)27(12-26-19,13-29-21(28)24-3)11-15-5-4-6-25-10-15/h4-10,12,14H,11,13H2,1-3H3/p+1. The Balaban J connectivity index is 2.04. The van der Waals surface area contributed by atoms with E-state index in [2.05, 4.69) is 15.3 Å². The molecule has 1 unspecified atom stereocenters. The second-order valence-corrected chi connectivity index (χ2v) is 8.22. The number of hydrogen-bond acceptors (Lipinski definition) is 5. The van der Waals surface area contributed by atoms with Crippen molar-refractivity contribution in [2.45, 2.75) is 25.3 Å². The second kappa shape index (κ2) is 9.36. The zero-order chi connectivity index (χ0) is 21.7. The van der Waals surface area contributed by atoms with Crippen LogP contribution in [0.3, 0.4) is 0 Å². The van der Waals surface area contributed by atoms with Crippen molar-refractivity contribution in [3.63, 3.8) is 0 Å². The summed E-state index contributed by atoms with van der Waals surface area (Å²) in [4.78, 5) is 21.0. The molecule has 1 atom stereocenters. The first kappa shape index (κ1) is 21.9. The average molecular weight is 434 g/mol. The summed E-state index contributed by atoms with van der Waals surface area (Å²) in [6.07, 6.45) is 4.54.